The van der Waals surface area contributed by atoms with E-state index in [9.17, 15) is 9.59 Å². The minimum atomic E-state index is -0.548. The van der Waals surface area contributed by atoms with E-state index in [-0.39, 0.29) is 6.61 Å². The molecule has 19 heavy (non-hydrogen) atoms. The van der Waals surface area contributed by atoms with E-state index < -0.39 is 17.5 Å². The van der Waals surface area contributed by atoms with Crippen molar-refractivity contribution < 1.29 is 14.3 Å². The molecule has 3 amide bonds. The first-order valence-corrected chi connectivity index (χ1v) is 5.86. The average molecular weight is 265 g/mol. The van der Waals surface area contributed by atoms with Crippen molar-refractivity contribution in [3.63, 3.8) is 0 Å². The van der Waals surface area contributed by atoms with Gasteiger partial charge in [-0.25, -0.2) is 4.79 Å². The van der Waals surface area contributed by atoms with Crippen molar-refractivity contribution in [3.05, 3.63) is 24.3 Å². The lowest BCUT2D eigenvalue weighted by Crippen LogP contribution is -2.49. The number of nitrogens with two attached hydrogens (primary N) is 1. The average Bonchev–Trinajstić information content (AvgIpc) is 2.23. The molecule has 0 heterocycles. The van der Waals surface area contributed by atoms with E-state index in [0.29, 0.717) is 11.4 Å². The van der Waals surface area contributed by atoms with Crippen LogP contribution in [0.1, 0.15) is 20.8 Å². The summed E-state index contributed by atoms with van der Waals surface area (Å²) in [4.78, 5) is 22.9. The van der Waals surface area contributed by atoms with Crippen LogP contribution >= 0.6 is 0 Å². The summed E-state index contributed by atoms with van der Waals surface area (Å²) in [5, 5.41) is 4.79. The molecular formula is C13H19N3O3. The van der Waals surface area contributed by atoms with Crippen molar-refractivity contribution in [2.45, 2.75) is 26.3 Å². The number of anilines is 1. The van der Waals surface area contributed by atoms with E-state index in [1.54, 1.807) is 24.3 Å². The van der Waals surface area contributed by atoms with Gasteiger partial charge < -0.3 is 15.8 Å². The second kappa shape index (κ2) is 6.08. The number of rotatable bonds is 3. The highest BCUT2D eigenvalue weighted by Gasteiger charge is 2.15. The molecule has 6 nitrogen and oxygen atoms in total. The third kappa shape index (κ3) is 6.30. The minimum Gasteiger partial charge on any atom is -0.484 e. The third-order valence-electron chi connectivity index (χ3n) is 1.97. The molecule has 1 aromatic carbocycles. The first-order valence-electron chi connectivity index (χ1n) is 5.86. The number of imide groups is 1. The quantitative estimate of drug-likeness (QED) is 0.717. The zero-order chi connectivity index (χ0) is 14.5. The number of benzene rings is 1. The van der Waals surface area contributed by atoms with Gasteiger partial charge in [-0.2, -0.15) is 0 Å². The maximum absolute atomic E-state index is 11.5. The number of carbonyl (C=O) groups excluding carboxylic acids is 2. The molecule has 0 saturated heterocycles. The van der Waals surface area contributed by atoms with Gasteiger partial charge >= 0.3 is 6.03 Å². The van der Waals surface area contributed by atoms with Crippen LogP contribution in [-0.2, 0) is 4.79 Å². The number of nitrogens with one attached hydrogen (secondary N) is 2. The maximum atomic E-state index is 11.5. The molecule has 0 aromatic heterocycles. The summed E-state index contributed by atoms with van der Waals surface area (Å²) in [6.45, 7) is 5.21. The topological polar surface area (TPSA) is 93.5 Å². The Morgan fingerprint density at radius 2 is 2.00 bits per heavy atom. The molecule has 6 heteroatoms. The Kier molecular flexibility index (Phi) is 4.74. The molecule has 0 bridgehead atoms. The Morgan fingerprint density at radius 3 is 2.58 bits per heavy atom. The number of amides is 3. The summed E-state index contributed by atoms with van der Waals surface area (Å²) in [5.41, 5.74) is 5.71. The van der Waals surface area contributed by atoms with Gasteiger partial charge in [0.1, 0.15) is 5.75 Å². The lowest BCUT2D eigenvalue weighted by molar-refractivity contribution is -0.122. The molecule has 1 aromatic rings. The van der Waals surface area contributed by atoms with Crippen LogP contribution in [0.15, 0.2) is 24.3 Å². The number of hydrogen-bond acceptors (Lipinski definition) is 4. The number of hydrogen-bond donors (Lipinski definition) is 3. The molecule has 0 spiro atoms. The fraction of sp³-hybridized carbons (Fsp3) is 0.385. The molecule has 0 atom stereocenters. The van der Waals surface area contributed by atoms with Gasteiger partial charge in [0.25, 0.3) is 5.91 Å². The van der Waals surface area contributed by atoms with Gasteiger partial charge in [0.2, 0.25) is 0 Å². The Labute approximate surface area is 112 Å². The summed E-state index contributed by atoms with van der Waals surface area (Å²) >= 11 is 0. The first-order chi connectivity index (χ1) is 8.76. The predicted molar refractivity (Wildman–Crippen MR) is 72.8 cm³/mol. The minimum absolute atomic E-state index is 0.249. The van der Waals surface area contributed by atoms with E-state index in [1.165, 1.54) is 0 Å². The molecule has 1 rings (SSSR count). The normalized spacial score (nSPS) is 10.7. The standard InChI is InChI=1S/C13H19N3O3/c1-13(2,3)16-12(18)15-11(17)8-19-10-6-4-5-9(14)7-10/h4-7H,8,14H2,1-3H3,(H2,15,16,17,18). The highest BCUT2D eigenvalue weighted by molar-refractivity contribution is 5.95. The van der Waals surface area contributed by atoms with Gasteiger partial charge in [-0.05, 0) is 32.9 Å². The van der Waals surface area contributed by atoms with Crippen LogP contribution in [0.5, 0.6) is 5.75 Å². The number of nitrogen functional groups attached to an aromatic ring is 1. The Hall–Kier alpha value is -2.24. The summed E-state index contributed by atoms with van der Waals surface area (Å²) in [6.07, 6.45) is 0. The van der Waals surface area contributed by atoms with E-state index in [0.717, 1.165) is 0 Å². The third-order valence-corrected chi connectivity index (χ3v) is 1.97. The predicted octanol–water partition coefficient (Wildman–Crippen LogP) is 1.27. The summed E-state index contributed by atoms with van der Waals surface area (Å²) < 4.78 is 5.21. The van der Waals surface area contributed by atoms with E-state index >= 15 is 0 Å². The zero-order valence-corrected chi connectivity index (χ0v) is 11.3. The van der Waals surface area contributed by atoms with Crippen LogP contribution in [0.3, 0.4) is 0 Å². The number of ether oxygens (including phenoxy) is 1. The Balaban J connectivity index is 2.38. The molecular weight excluding hydrogens is 246 g/mol. The zero-order valence-electron chi connectivity index (χ0n) is 11.3. The van der Waals surface area contributed by atoms with E-state index in [4.69, 9.17) is 10.5 Å². The van der Waals surface area contributed by atoms with E-state index in [2.05, 4.69) is 10.6 Å². The second-order valence-electron chi connectivity index (χ2n) is 5.11. The first kappa shape index (κ1) is 14.8. The molecule has 0 unspecified atom stereocenters. The molecule has 4 N–H and O–H groups in total. The fourth-order valence-electron chi connectivity index (χ4n) is 1.29. The van der Waals surface area contributed by atoms with Gasteiger partial charge in [-0.3, -0.25) is 10.1 Å². The van der Waals surface area contributed by atoms with Crippen LogP contribution in [0.25, 0.3) is 0 Å². The lowest BCUT2D eigenvalue weighted by Gasteiger charge is -2.20. The Morgan fingerprint density at radius 1 is 1.32 bits per heavy atom. The van der Waals surface area contributed by atoms with Crippen LogP contribution in [0.2, 0.25) is 0 Å². The number of urea groups is 1. The van der Waals surface area contributed by atoms with Crippen molar-refractivity contribution in [1.29, 1.82) is 0 Å². The molecule has 0 aliphatic carbocycles. The molecule has 0 radical (unpaired) electrons. The van der Waals surface area contributed by atoms with Crippen molar-refractivity contribution in [3.8, 4) is 5.75 Å². The van der Waals surface area contributed by atoms with Gasteiger partial charge in [0, 0.05) is 17.3 Å². The molecule has 0 aliphatic rings. The molecule has 0 fully saturated rings. The summed E-state index contributed by atoms with van der Waals surface area (Å²) in [7, 11) is 0. The summed E-state index contributed by atoms with van der Waals surface area (Å²) in [5.74, 6) is -0.0458. The Bertz CT molecular complexity index is 466. The molecule has 0 saturated carbocycles. The lowest BCUT2D eigenvalue weighted by atomic mass is 10.1. The van der Waals surface area contributed by atoms with E-state index in [1.807, 2.05) is 20.8 Å². The van der Waals surface area contributed by atoms with Gasteiger partial charge in [-0.1, -0.05) is 6.07 Å². The van der Waals surface area contributed by atoms with Gasteiger partial charge in [0.05, 0.1) is 0 Å². The molecule has 104 valence electrons. The van der Waals surface area contributed by atoms with Crippen molar-refractivity contribution in [2.75, 3.05) is 12.3 Å². The van der Waals surface area contributed by atoms with Crippen molar-refractivity contribution in [1.82, 2.24) is 10.6 Å². The van der Waals surface area contributed by atoms with Crippen molar-refractivity contribution >= 4 is 17.6 Å². The smallest absolute Gasteiger partial charge is 0.321 e. The maximum Gasteiger partial charge on any atom is 0.321 e. The highest BCUT2D eigenvalue weighted by atomic mass is 16.5. The van der Waals surface area contributed by atoms with Crippen LogP contribution in [-0.4, -0.2) is 24.1 Å². The van der Waals surface area contributed by atoms with Gasteiger partial charge in [-0.15, -0.1) is 0 Å². The van der Waals surface area contributed by atoms with Crippen LogP contribution in [0.4, 0.5) is 10.5 Å². The van der Waals surface area contributed by atoms with Crippen LogP contribution < -0.4 is 21.1 Å². The molecule has 0 aliphatic heterocycles. The SMILES string of the molecule is CC(C)(C)NC(=O)NC(=O)COc1cccc(N)c1. The van der Waals surface area contributed by atoms with Crippen LogP contribution in [0, 0.1) is 0 Å². The summed E-state index contributed by atoms with van der Waals surface area (Å²) in [6, 6.07) is 6.16. The fourth-order valence-corrected chi connectivity index (χ4v) is 1.29. The monoisotopic (exact) mass is 265 g/mol. The van der Waals surface area contributed by atoms with Gasteiger partial charge in [0.15, 0.2) is 6.61 Å². The second-order valence-corrected chi connectivity index (χ2v) is 5.11. The highest BCUT2D eigenvalue weighted by Crippen LogP contribution is 2.13. The number of carbonyl (C=O) groups is 2. The largest absolute Gasteiger partial charge is 0.484 e. The van der Waals surface area contributed by atoms with Crippen molar-refractivity contribution in [2.24, 2.45) is 0 Å².